The second-order valence-electron chi connectivity index (χ2n) is 11.8. The molecule has 1 aliphatic heterocycles. The third-order valence-electron chi connectivity index (χ3n) is 7.36. The van der Waals surface area contributed by atoms with E-state index in [1.807, 2.05) is 37.8 Å². The van der Waals surface area contributed by atoms with Crippen LogP contribution in [-0.4, -0.2) is 35.0 Å². The predicted molar refractivity (Wildman–Crippen MR) is 152 cm³/mol. The zero-order chi connectivity index (χ0) is 27.4. The average Bonchev–Trinajstić information content (AvgIpc) is 3.30. The Bertz CT molecular complexity index is 1180. The summed E-state index contributed by atoms with van der Waals surface area (Å²) in [5.41, 5.74) is 3.83. The lowest BCUT2D eigenvalue weighted by Gasteiger charge is -2.39. The number of hydrazone groups is 1. The van der Waals surface area contributed by atoms with E-state index in [2.05, 4.69) is 35.9 Å². The second-order valence-corrected chi connectivity index (χ2v) is 12.8. The molecule has 7 nitrogen and oxygen atoms in total. The fourth-order valence-electron chi connectivity index (χ4n) is 5.25. The monoisotopic (exact) mass is 537 g/mol. The van der Waals surface area contributed by atoms with Gasteiger partial charge >= 0.3 is 5.97 Å². The number of hydrogen-bond acceptors (Lipinski definition) is 6. The molecule has 3 aliphatic rings. The van der Waals surface area contributed by atoms with Gasteiger partial charge in [0, 0.05) is 29.1 Å². The van der Waals surface area contributed by atoms with Crippen molar-refractivity contribution >= 4 is 34.8 Å². The normalized spacial score (nSPS) is 25.5. The highest BCUT2D eigenvalue weighted by molar-refractivity contribution is 7.15. The van der Waals surface area contributed by atoms with Crippen LogP contribution in [0.15, 0.2) is 35.6 Å². The minimum Gasteiger partial charge on any atom is -0.477 e. The van der Waals surface area contributed by atoms with Crippen LogP contribution in [0.25, 0.3) is 0 Å². The molecule has 8 heteroatoms. The number of carbonyl (C=O) groups excluding carboxylic acids is 1. The summed E-state index contributed by atoms with van der Waals surface area (Å²) >= 11 is 1.16. The first kappa shape index (κ1) is 28.0. The molecule has 0 bridgehead atoms. The van der Waals surface area contributed by atoms with Crippen LogP contribution in [0.1, 0.15) is 93.6 Å². The van der Waals surface area contributed by atoms with E-state index < -0.39 is 5.97 Å². The van der Waals surface area contributed by atoms with E-state index >= 15 is 0 Å². The zero-order valence-electron chi connectivity index (χ0n) is 22.9. The van der Waals surface area contributed by atoms with Gasteiger partial charge in [-0.15, -0.1) is 16.4 Å². The summed E-state index contributed by atoms with van der Waals surface area (Å²) in [5, 5.41) is 14.3. The lowest BCUT2D eigenvalue weighted by Crippen LogP contribution is -2.47. The number of allylic oxidation sites excluding steroid dienone is 1. The van der Waals surface area contributed by atoms with E-state index in [9.17, 15) is 14.7 Å². The van der Waals surface area contributed by atoms with Gasteiger partial charge in [-0.3, -0.25) is 10.2 Å². The highest BCUT2D eigenvalue weighted by Gasteiger charge is 2.38. The molecule has 0 radical (unpaired) electrons. The highest BCUT2D eigenvalue weighted by Crippen LogP contribution is 2.39. The van der Waals surface area contributed by atoms with Crippen molar-refractivity contribution in [2.75, 3.05) is 4.90 Å². The quantitative estimate of drug-likeness (QED) is 0.429. The molecule has 0 unspecified atom stereocenters. The maximum atomic E-state index is 14.1. The third kappa shape index (κ3) is 7.08. The van der Waals surface area contributed by atoms with Crippen molar-refractivity contribution in [2.45, 2.75) is 91.2 Å². The largest absolute Gasteiger partial charge is 0.477 e. The Hall–Kier alpha value is -3.05. The Labute approximate surface area is 230 Å². The van der Waals surface area contributed by atoms with Gasteiger partial charge < -0.3 is 14.7 Å². The number of hydrogen-bond donors (Lipinski definition) is 2. The van der Waals surface area contributed by atoms with Crippen LogP contribution in [0.5, 0.6) is 0 Å². The average molecular weight is 538 g/mol. The molecule has 0 atom stereocenters. The van der Waals surface area contributed by atoms with Gasteiger partial charge in [0.25, 0.3) is 0 Å². The molecule has 2 heterocycles. The van der Waals surface area contributed by atoms with Crippen LogP contribution in [0, 0.1) is 29.1 Å². The second kappa shape index (κ2) is 11.8. The summed E-state index contributed by atoms with van der Waals surface area (Å²) in [4.78, 5) is 29.1. The number of aromatic carboxylic acids is 1. The SMILES string of the molecule is C=C1C=CC(OC2CCC(N(C(=O)C3CCC(C)CC3)c3cc(C#CC(C)(C)C)sc3C(=O)O)CC2)=NN1. The Balaban J connectivity index is 1.59. The maximum absolute atomic E-state index is 14.1. The number of ether oxygens (including phenoxy) is 1. The smallest absolute Gasteiger partial charge is 0.348 e. The first-order valence-corrected chi connectivity index (χ1v) is 14.4. The van der Waals surface area contributed by atoms with Gasteiger partial charge in [0.1, 0.15) is 11.0 Å². The van der Waals surface area contributed by atoms with Gasteiger partial charge in [-0.05, 0) is 90.2 Å². The topological polar surface area (TPSA) is 91.2 Å². The first-order valence-electron chi connectivity index (χ1n) is 13.6. The maximum Gasteiger partial charge on any atom is 0.348 e. The Morgan fingerprint density at radius 1 is 1.13 bits per heavy atom. The van der Waals surface area contributed by atoms with Crippen LogP contribution in [0.4, 0.5) is 5.69 Å². The van der Waals surface area contributed by atoms with Gasteiger partial charge in [0.2, 0.25) is 11.8 Å². The molecular formula is C30H39N3O4S. The summed E-state index contributed by atoms with van der Waals surface area (Å²) in [6.45, 7) is 12.1. The predicted octanol–water partition coefficient (Wildman–Crippen LogP) is 6.32. The summed E-state index contributed by atoms with van der Waals surface area (Å²) in [6.07, 6.45) is 10.3. The van der Waals surface area contributed by atoms with Gasteiger partial charge in [0.05, 0.1) is 10.6 Å². The summed E-state index contributed by atoms with van der Waals surface area (Å²) in [5.74, 6) is 6.47. The summed E-state index contributed by atoms with van der Waals surface area (Å²) < 4.78 is 6.08. The van der Waals surface area contributed by atoms with Crippen LogP contribution >= 0.6 is 11.3 Å². The lowest BCUT2D eigenvalue weighted by atomic mass is 9.81. The lowest BCUT2D eigenvalue weighted by molar-refractivity contribution is -0.124. The molecule has 2 fully saturated rings. The first-order chi connectivity index (χ1) is 18.0. The molecule has 0 spiro atoms. The number of carboxylic acid groups (broad SMARTS) is 1. The van der Waals surface area contributed by atoms with Gasteiger partial charge in [0.15, 0.2) is 0 Å². The number of thiophene rings is 1. The molecule has 2 saturated carbocycles. The molecule has 0 aromatic carbocycles. The van der Waals surface area contributed by atoms with Crippen molar-refractivity contribution in [3.63, 3.8) is 0 Å². The zero-order valence-corrected chi connectivity index (χ0v) is 23.7. The highest BCUT2D eigenvalue weighted by atomic mass is 32.1. The Kier molecular flexibility index (Phi) is 8.67. The van der Waals surface area contributed by atoms with Crippen LogP contribution in [0.2, 0.25) is 0 Å². The number of carboxylic acids is 1. The molecule has 1 aromatic heterocycles. The van der Waals surface area contributed by atoms with Gasteiger partial charge in [-0.2, -0.15) is 0 Å². The minimum absolute atomic E-state index is 0.00932. The van der Waals surface area contributed by atoms with E-state index in [1.54, 1.807) is 6.08 Å². The minimum atomic E-state index is -1.02. The molecule has 0 saturated heterocycles. The number of amides is 1. The van der Waals surface area contributed by atoms with Crippen LogP contribution in [-0.2, 0) is 9.53 Å². The fraction of sp³-hybridized carbons (Fsp3) is 0.567. The van der Waals surface area contributed by atoms with E-state index in [1.165, 1.54) is 0 Å². The van der Waals surface area contributed by atoms with E-state index in [4.69, 9.17) is 4.74 Å². The fourth-order valence-corrected chi connectivity index (χ4v) is 6.10. The molecule has 38 heavy (non-hydrogen) atoms. The summed E-state index contributed by atoms with van der Waals surface area (Å²) in [7, 11) is 0. The molecular weight excluding hydrogens is 498 g/mol. The van der Waals surface area contributed by atoms with E-state index in [0.717, 1.165) is 62.7 Å². The number of anilines is 1. The van der Waals surface area contributed by atoms with E-state index in [-0.39, 0.29) is 34.3 Å². The van der Waals surface area contributed by atoms with Crippen molar-refractivity contribution in [2.24, 2.45) is 22.4 Å². The van der Waals surface area contributed by atoms with Crippen LogP contribution in [0.3, 0.4) is 0 Å². The van der Waals surface area contributed by atoms with Gasteiger partial charge in [-0.1, -0.05) is 25.3 Å². The Morgan fingerprint density at radius 3 is 2.39 bits per heavy atom. The molecule has 204 valence electrons. The molecule has 2 aliphatic carbocycles. The van der Waals surface area contributed by atoms with E-state index in [0.29, 0.717) is 28.1 Å². The number of nitrogens with zero attached hydrogens (tertiary/aromatic N) is 2. The molecule has 4 rings (SSSR count). The molecule has 1 aromatic rings. The standard InChI is InChI=1S/C30H39N3O4S/c1-19-6-9-21(10-7-19)28(34)33(25-18-24(16-17-30(3,4)5)38-27(25)29(35)36)22-11-13-23(14-12-22)37-26-15-8-20(2)31-32-26/h8,15,18-19,21-23,31H,2,6-7,9-14H2,1,3-5H3,(H,35,36). The number of nitrogens with one attached hydrogen (secondary N) is 1. The van der Waals surface area contributed by atoms with Crippen molar-refractivity contribution in [3.8, 4) is 11.8 Å². The van der Waals surface area contributed by atoms with Crippen molar-refractivity contribution in [3.05, 3.63) is 40.2 Å². The van der Waals surface area contributed by atoms with Crippen molar-refractivity contribution < 1.29 is 19.4 Å². The number of carbonyl (C=O) groups is 2. The molecule has 2 N–H and O–H groups in total. The van der Waals surface area contributed by atoms with Gasteiger partial charge in [-0.25, -0.2) is 4.79 Å². The Morgan fingerprint density at radius 2 is 1.82 bits per heavy atom. The molecule has 1 amide bonds. The van der Waals surface area contributed by atoms with Crippen molar-refractivity contribution in [1.82, 2.24) is 5.43 Å². The third-order valence-corrected chi connectivity index (χ3v) is 8.39. The number of rotatable bonds is 5. The summed E-state index contributed by atoms with van der Waals surface area (Å²) in [6, 6.07) is 1.73. The van der Waals surface area contributed by atoms with Crippen molar-refractivity contribution in [1.29, 1.82) is 0 Å². The van der Waals surface area contributed by atoms with Crippen LogP contribution < -0.4 is 10.3 Å².